The van der Waals surface area contributed by atoms with E-state index in [-0.39, 0.29) is 22.4 Å². The largest absolute Gasteiger partial charge is 0.496 e. The van der Waals surface area contributed by atoms with Crippen molar-refractivity contribution in [2.24, 2.45) is 4.99 Å². The maximum atomic E-state index is 13.6. The van der Waals surface area contributed by atoms with Crippen LogP contribution in [0.1, 0.15) is 31.0 Å². The van der Waals surface area contributed by atoms with Crippen LogP contribution in [-0.2, 0) is 9.53 Å². The van der Waals surface area contributed by atoms with Crippen LogP contribution >= 0.6 is 22.9 Å². The molecule has 0 radical (unpaired) electrons. The van der Waals surface area contributed by atoms with Crippen molar-refractivity contribution in [3.63, 3.8) is 0 Å². The number of thiazole rings is 1. The van der Waals surface area contributed by atoms with E-state index in [1.807, 2.05) is 0 Å². The molecule has 0 amide bonds. The van der Waals surface area contributed by atoms with Gasteiger partial charge < -0.3 is 9.47 Å². The second-order valence-corrected chi connectivity index (χ2v) is 8.98. The number of benzene rings is 2. The predicted molar refractivity (Wildman–Crippen MR) is 131 cm³/mol. The summed E-state index contributed by atoms with van der Waals surface area (Å²) in [5.74, 6) is -0.192. The van der Waals surface area contributed by atoms with E-state index in [0.717, 1.165) is 11.3 Å². The smallest absolute Gasteiger partial charge is 0.338 e. The fourth-order valence-electron chi connectivity index (χ4n) is 3.84. The lowest BCUT2D eigenvalue weighted by atomic mass is 9.96. The van der Waals surface area contributed by atoms with Gasteiger partial charge in [-0.25, -0.2) is 9.79 Å². The molecule has 0 N–H and O–H groups in total. The third kappa shape index (κ3) is 4.62. The van der Waals surface area contributed by atoms with Gasteiger partial charge in [0.2, 0.25) is 0 Å². The first-order valence-corrected chi connectivity index (χ1v) is 11.7. The van der Waals surface area contributed by atoms with Gasteiger partial charge in [0.1, 0.15) is 5.75 Å². The molecule has 0 spiro atoms. The Labute approximate surface area is 208 Å². The molecule has 0 bridgehead atoms. The van der Waals surface area contributed by atoms with Crippen molar-refractivity contribution < 1.29 is 19.2 Å². The Morgan fingerprint density at radius 2 is 2.00 bits per heavy atom. The number of hydrogen-bond acceptors (Lipinski definition) is 8. The number of nitro groups is 1. The number of non-ortho nitro benzene ring substituents is 1. The monoisotopic (exact) mass is 513 g/mol. The number of carbonyl (C=O) groups is 1. The molecule has 1 aromatic heterocycles. The van der Waals surface area contributed by atoms with E-state index in [2.05, 4.69) is 4.99 Å². The molecule has 3 aromatic rings. The van der Waals surface area contributed by atoms with Crippen molar-refractivity contribution >= 4 is 40.7 Å². The van der Waals surface area contributed by atoms with Crippen molar-refractivity contribution in [1.82, 2.24) is 4.57 Å². The molecule has 0 saturated heterocycles. The number of allylic oxidation sites excluding steroid dienone is 1. The summed E-state index contributed by atoms with van der Waals surface area (Å²) in [4.78, 5) is 42.2. The molecule has 4 rings (SSSR count). The van der Waals surface area contributed by atoms with Gasteiger partial charge in [-0.1, -0.05) is 35.1 Å². The van der Waals surface area contributed by atoms with Crippen molar-refractivity contribution in [3.8, 4) is 5.75 Å². The van der Waals surface area contributed by atoms with Crippen LogP contribution < -0.4 is 19.6 Å². The first-order chi connectivity index (χ1) is 16.7. The van der Waals surface area contributed by atoms with Gasteiger partial charge in [0.25, 0.3) is 11.2 Å². The summed E-state index contributed by atoms with van der Waals surface area (Å²) in [6.45, 7) is 3.56. The Balaban J connectivity index is 1.97. The summed E-state index contributed by atoms with van der Waals surface area (Å²) in [6.07, 6.45) is 1.53. The number of methoxy groups -OCH3 is 1. The number of esters is 1. The molecule has 0 fully saturated rings. The zero-order valence-corrected chi connectivity index (χ0v) is 20.6. The molecule has 0 unspecified atom stereocenters. The number of halogens is 1. The minimum absolute atomic E-state index is 0.135. The SMILES string of the molecule is CCOC(=O)C1=C(C)N=c2s/c(=C/c3cc([N+](=O)[O-])ccc3OC)c(=O)n2[C@H]1c1ccc(Cl)cc1. The number of fused-ring (bicyclic) bond motifs is 1. The molecule has 0 saturated carbocycles. The number of hydrogen-bond donors (Lipinski definition) is 0. The number of nitrogens with zero attached hydrogens (tertiary/aromatic N) is 3. The van der Waals surface area contributed by atoms with Gasteiger partial charge in [-0.15, -0.1) is 0 Å². The highest BCUT2D eigenvalue weighted by Crippen LogP contribution is 2.31. The van der Waals surface area contributed by atoms with Crippen LogP contribution in [-0.4, -0.2) is 29.2 Å². The van der Waals surface area contributed by atoms with Crippen LogP contribution in [0.3, 0.4) is 0 Å². The normalized spacial score (nSPS) is 15.4. The summed E-state index contributed by atoms with van der Waals surface area (Å²) in [7, 11) is 1.44. The summed E-state index contributed by atoms with van der Waals surface area (Å²) in [5.41, 5.74) is 1.18. The van der Waals surface area contributed by atoms with Gasteiger partial charge in [-0.3, -0.25) is 19.5 Å². The van der Waals surface area contributed by atoms with Crippen molar-refractivity contribution in [2.45, 2.75) is 19.9 Å². The van der Waals surface area contributed by atoms with E-state index in [1.54, 1.807) is 38.1 Å². The first-order valence-electron chi connectivity index (χ1n) is 10.5. The fourth-order valence-corrected chi connectivity index (χ4v) is 5.00. The lowest BCUT2D eigenvalue weighted by molar-refractivity contribution is -0.384. The summed E-state index contributed by atoms with van der Waals surface area (Å²) in [6, 6.07) is 10.2. The minimum atomic E-state index is -0.781. The van der Waals surface area contributed by atoms with E-state index in [1.165, 1.54) is 36.0 Å². The lowest BCUT2D eigenvalue weighted by Crippen LogP contribution is -2.39. The molecule has 35 heavy (non-hydrogen) atoms. The van der Waals surface area contributed by atoms with Gasteiger partial charge in [0.05, 0.1) is 40.5 Å². The molecule has 1 atom stereocenters. The summed E-state index contributed by atoms with van der Waals surface area (Å²) < 4.78 is 12.3. The minimum Gasteiger partial charge on any atom is -0.496 e. The Morgan fingerprint density at radius 3 is 2.63 bits per heavy atom. The first kappa shape index (κ1) is 24.4. The van der Waals surface area contributed by atoms with Crippen LogP contribution in [0.25, 0.3) is 6.08 Å². The van der Waals surface area contributed by atoms with Crippen LogP contribution in [0.15, 0.2) is 63.5 Å². The zero-order valence-electron chi connectivity index (χ0n) is 19.0. The van der Waals surface area contributed by atoms with E-state index >= 15 is 0 Å². The molecular weight excluding hydrogens is 494 g/mol. The van der Waals surface area contributed by atoms with E-state index in [0.29, 0.717) is 32.4 Å². The fraction of sp³-hybridized carbons (Fsp3) is 0.208. The van der Waals surface area contributed by atoms with Crippen molar-refractivity contribution in [2.75, 3.05) is 13.7 Å². The Hall–Kier alpha value is -3.76. The highest BCUT2D eigenvalue weighted by atomic mass is 35.5. The zero-order chi connectivity index (χ0) is 25.3. The Bertz CT molecular complexity index is 1540. The van der Waals surface area contributed by atoms with Crippen LogP contribution in [0.4, 0.5) is 5.69 Å². The van der Waals surface area contributed by atoms with E-state index in [4.69, 9.17) is 21.1 Å². The number of rotatable bonds is 6. The highest BCUT2D eigenvalue weighted by molar-refractivity contribution is 7.07. The molecule has 2 aromatic carbocycles. The molecule has 2 heterocycles. The molecule has 9 nitrogen and oxygen atoms in total. The van der Waals surface area contributed by atoms with Crippen LogP contribution in [0, 0.1) is 10.1 Å². The topological polar surface area (TPSA) is 113 Å². The summed E-state index contributed by atoms with van der Waals surface area (Å²) >= 11 is 7.18. The maximum Gasteiger partial charge on any atom is 0.338 e. The number of nitro benzene ring substituents is 1. The molecule has 11 heteroatoms. The molecular formula is C24H20ClN3O6S. The summed E-state index contributed by atoms with van der Waals surface area (Å²) in [5, 5.41) is 11.8. The van der Waals surface area contributed by atoms with Gasteiger partial charge >= 0.3 is 5.97 Å². The second kappa shape index (κ2) is 9.85. The predicted octanol–water partition coefficient (Wildman–Crippen LogP) is 3.37. The quantitative estimate of drug-likeness (QED) is 0.284. The Kier molecular flexibility index (Phi) is 6.86. The Morgan fingerprint density at radius 1 is 1.29 bits per heavy atom. The van der Waals surface area contributed by atoms with Crippen LogP contribution in [0.2, 0.25) is 5.02 Å². The third-order valence-corrected chi connectivity index (χ3v) is 6.65. The average Bonchev–Trinajstić information content (AvgIpc) is 3.13. The van der Waals surface area contributed by atoms with Crippen molar-refractivity contribution in [1.29, 1.82) is 0 Å². The highest BCUT2D eigenvalue weighted by Gasteiger charge is 2.33. The van der Waals surface area contributed by atoms with Crippen LogP contribution in [0.5, 0.6) is 5.75 Å². The number of carbonyl (C=O) groups excluding carboxylic acids is 1. The van der Waals surface area contributed by atoms with Gasteiger partial charge in [-0.2, -0.15) is 0 Å². The molecule has 1 aliphatic heterocycles. The molecule has 0 aliphatic carbocycles. The maximum absolute atomic E-state index is 13.6. The van der Waals surface area contributed by atoms with E-state index in [9.17, 15) is 19.7 Å². The van der Waals surface area contributed by atoms with Gasteiger partial charge in [-0.05, 0) is 43.7 Å². The van der Waals surface area contributed by atoms with Gasteiger partial charge in [0, 0.05) is 22.7 Å². The number of ether oxygens (including phenoxy) is 2. The average molecular weight is 514 g/mol. The number of aromatic nitrogens is 1. The molecule has 1 aliphatic rings. The van der Waals surface area contributed by atoms with Gasteiger partial charge in [0.15, 0.2) is 4.80 Å². The third-order valence-electron chi connectivity index (χ3n) is 5.41. The van der Waals surface area contributed by atoms with E-state index < -0.39 is 22.5 Å². The standard InChI is InChI=1S/C24H20ClN3O6S/c1-4-34-23(30)20-13(2)26-24-27(21(20)14-5-7-16(25)8-6-14)22(29)19(35-24)12-15-11-17(28(31)32)9-10-18(15)33-3/h5-12,21H,4H2,1-3H3/b19-12+/t21-/m0/s1. The lowest BCUT2D eigenvalue weighted by Gasteiger charge is -2.24. The molecule has 180 valence electrons. The second-order valence-electron chi connectivity index (χ2n) is 7.54. The van der Waals surface area contributed by atoms with Crippen molar-refractivity contribution in [3.05, 3.63) is 99.7 Å².